The molecule has 1 aliphatic rings. The van der Waals surface area contributed by atoms with Crippen LogP contribution >= 0.6 is 11.8 Å². The number of hydrogen-bond acceptors (Lipinski definition) is 6. The highest BCUT2D eigenvalue weighted by molar-refractivity contribution is 7.99. The van der Waals surface area contributed by atoms with Gasteiger partial charge in [-0.3, -0.25) is 14.3 Å². The molecule has 1 aliphatic heterocycles. The maximum atomic E-state index is 12.2. The quantitative estimate of drug-likeness (QED) is 0.550. The second-order valence-electron chi connectivity index (χ2n) is 5.97. The number of carbonyl (C=O) groups is 2. The Labute approximate surface area is 161 Å². The van der Waals surface area contributed by atoms with Gasteiger partial charge in [-0.2, -0.15) is 0 Å². The number of carbonyl (C=O) groups excluding carboxylic acids is 2. The van der Waals surface area contributed by atoms with Gasteiger partial charge in [0.1, 0.15) is 12.4 Å². The molecule has 0 saturated carbocycles. The summed E-state index contributed by atoms with van der Waals surface area (Å²) < 4.78 is 7.65. The summed E-state index contributed by atoms with van der Waals surface area (Å²) in [7, 11) is 0. The molecule has 1 N–H and O–H groups in total. The van der Waals surface area contributed by atoms with E-state index in [0.717, 1.165) is 11.3 Å². The van der Waals surface area contributed by atoms with Crippen LogP contribution in [-0.2, 0) is 17.9 Å². The Balaban J connectivity index is 1.64. The molecule has 0 aliphatic carbocycles. The number of amides is 3. The van der Waals surface area contributed by atoms with E-state index in [0.29, 0.717) is 30.6 Å². The SMILES string of the molecule is C=CCn1c(COc2cccc(C)c2)nnc1SCC(=O)N1CCNC1=O. The first-order valence-corrected chi connectivity index (χ1v) is 9.50. The topological polar surface area (TPSA) is 89.3 Å². The fourth-order valence-electron chi connectivity index (χ4n) is 2.61. The maximum Gasteiger partial charge on any atom is 0.324 e. The lowest BCUT2D eigenvalue weighted by Crippen LogP contribution is -2.35. The lowest BCUT2D eigenvalue weighted by Gasteiger charge is -2.12. The summed E-state index contributed by atoms with van der Waals surface area (Å²) in [4.78, 5) is 25.0. The predicted octanol–water partition coefficient (Wildman–Crippen LogP) is 2.00. The van der Waals surface area contributed by atoms with E-state index >= 15 is 0 Å². The number of benzene rings is 1. The summed E-state index contributed by atoms with van der Waals surface area (Å²) in [6.07, 6.45) is 1.74. The van der Waals surface area contributed by atoms with E-state index in [1.165, 1.54) is 16.7 Å². The molecule has 3 amide bonds. The second kappa shape index (κ2) is 8.72. The van der Waals surface area contributed by atoms with Crippen LogP contribution in [0.5, 0.6) is 5.75 Å². The molecule has 0 unspecified atom stereocenters. The van der Waals surface area contributed by atoms with Crippen molar-refractivity contribution in [3.8, 4) is 5.75 Å². The number of urea groups is 1. The first-order chi connectivity index (χ1) is 13.1. The zero-order chi connectivity index (χ0) is 19.2. The van der Waals surface area contributed by atoms with Crippen LogP contribution in [0.15, 0.2) is 42.1 Å². The van der Waals surface area contributed by atoms with E-state index in [-0.39, 0.29) is 24.3 Å². The van der Waals surface area contributed by atoms with Gasteiger partial charge in [0, 0.05) is 19.6 Å². The fraction of sp³-hybridized carbons (Fsp3) is 0.333. The minimum absolute atomic E-state index is 0.113. The molecular weight excluding hydrogens is 366 g/mol. The van der Waals surface area contributed by atoms with Crippen molar-refractivity contribution in [1.82, 2.24) is 25.0 Å². The lowest BCUT2D eigenvalue weighted by molar-refractivity contribution is -0.124. The standard InChI is InChI=1S/C18H21N5O3S/c1-3-8-22-15(11-26-14-6-4-5-13(2)10-14)20-21-18(22)27-12-16(24)23-9-7-19-17(23)25/h3-6,10H,1,7-9,11-12H2,2H3,(H,19,25). The van der Waals surface area contributed by atoms with Crippen LogP contribution < -0.4 is 10.1 Å². The minimum Gasteiger partial charge on any atom is -0.486 e. The molecule has 0 bridgehead atoms. The number of thioether (sulfide) groups is 1. The lowest BCUT2D eigenvalue weighted by atomic mass is 10.2. The Morgan fingerprint density at radius 3 is 3.00 bits per heavy atom. The Hall–Kier alpha value is -2.81. The van der Waals surface area contributed by atoms with Gasteiger partial charge in [-0.1, -0.05) is 30.0 Å². The van der Waals surface area contributed by atoms with Gasteiger partial charge >= 0.3 is 6.03 Å². The summed E-state index contributed by atoms with van der Waals surface area (Å²) in [5, 5.41) is 11.5. The molecule has 0 spiro atoms. The third-order valence-corrected chi connectivity index (χ3v) is 4.90. The van der Waals surface area contributed by atoms with Gasteiger partial charge in [0.05, 0.1) is 5.75 Å². The van der Waals surface area contributed by atoms with Crippen molar-refractivity contribution >= 4 is 23.7 Å². The molecule has 27 heavy (non-hydrogen) atoms. The van der Waals surface area contributed by atoms with Crippen LogP contribution in [0, 0.1) is 6.92 Å². The molecule has 1 aromatic heterocycles. The first kappa shape index (κ1) is 19.0. The highest BCUT2D eigenvalue weighted by atomic mass is 32.2. The predicted molar refractivity (Wildman–Crippen MR) is 102 cm³/mol. The summed E-state index contributed by atoms with van der Waals surface area (Å²) in [5.74, 6) is 1.26. The summed E-state index contributed by atoms with van der Waals surface area (Å²) in [6, 6.07) is 7.42. The van der Waals surface area contributed by atoms with Crippen LogP contribution in [0.25, 0.3) is 0 Å². The number of hydrogen-bond donors (Lipinski definition) is 1. The fourth-order valence-corrected chi connectivity index (χ4v) is 3.45. The molecule has 1 saturated heterocycles. The smallest absolute Gasteiger partial charge is 0.324 e. The van der Waals surface area contributed by atoms with E-state index in [2.05, 4.69) is 22.1 Å². The molecule has 0 radical (unpaired) electrons. The van der Waals surface area contributed by atoms with Crippen molar-refractivity contribution in [2.45, 2.75) is 25.2 Å². The van der Waals surface area contributed by atoms with Gasteiger partial charge in [-0.15, -0.1) is 16.8 Å². The van der Waals surface area contributed by atoms with Crippen LogP contribution in [-0.4, -0.2) is 50.4 Å². The second-order valence-corrected chi connectivity index (χ2v) is 6.91. The van der Waals surface area contributed by atoms with Crippen molar-refractivity contribution in [2.24, 2.45) is 0 Å². The number of nitrogens with one attached hydrogen (secondary N) is 1. The largest absolute Gasteiger partial charge is 0.486 e. The average Bonchev–Trinajstić information content (AvgIpc) is 3.25. The van der Waals surface area contributed by atoms with Crippen LogP contribution in [0.2, 0.25) is 0 Å². The number of aromatic nitrogens is 3. The highest BCUT2D eigenvalue weighted by Gasteiger charge is 2.26. The average molecular weight is 387 g/mol. The molecule has 8 nitrogen and oxygen atoms in total. The molecule has 1 aromatic carbocycles. The minimum atomic E-state index is -0.347. The van der Waals surface area contributed by atoms with E-state index in [1.807, 2.05) is 35.8 Å². The van der Waals surface area contributed by atoms with Gasteiger partial charge < -0.3 is 10.1 Å². The Kier molecular flexibility index (Phi) is 6.12. The third-order valence-electron chi connectivity index (χ3n) is 3.95. The number of nitrogens with zero attached hydrogens (tertiary/aromatic N) is 4. The van der Waals surface area contributed by atoms with Crippen LogP contribution in [0.1, 0.15) is 11.4 Å². The van der Waals surface area contributed by atoms with Crippen molar-refractivity contribution in [2.75, 3.05) is 18.8 Å². The molecule has 9 heteroatoms. The van der Waals surface area contributed by atoms with Gasteiger partial charge in [0.2, 0.25) is 5.91 Å². The molecule has 1 fully saturated rings. The van der Waals surface area contributed by atoms with Crippen molar-refractivity contribution < 1.29 is 14.3 Å². The van der Waals surface area contributed by atoms with Crippen molar-refractivity contribution in [3.05, 3.63) is 48.3 Å². The Morgan fingerprint density at radius 2 is 2.30 bits per heavy atom. The van der Waals surface area contributed by atoms with Gasteiger partial charge in [0.25, 0.3) is 0 Å². The van der Waals surface area contributed by atoms with Gasteiger partial charge in [0.15, 0.2) is 11.0 Å². The van der Waals surface area contributed by atoms with E-state index in [9.17, 15) is 9.59 Å². The molecular formula is C18H21N5O3S. The van der Waals surface area contributed by atoms with Gasteiger partial charge in [-0.25, -0.2) is 4.79 Å². The molecule has 2 aromatic rings. The maximum absolute atomic E-state index is 12.2. The number of ether oxygens (including phenoxy) is 1. The highest BCUT2D eigenvalue weighted by Crippen LogP contribution is 2.20. The van der Waals surface area contributed by atoms with Crippen LogP contribution in [0.3, 0.4) is 0 Å². The van der Waals surface area contributed by atoms with Crippen molar-refractivity contribution in [1.29, 1.82) is 0 Å². The summed E-state index contributed by atoms with van der Waals surface area (Å²) >= 11 is 1.24. The van der Waals surface area contributed by atoms with Crippen LogP contribution in [0.4, 0.5) is 4.79 Å². The summed E-state index contributed by atoms with van der Waals surface area (Å²) in [6.45, 7) is 7.40. The Morgan fingerprint density at radius 1 is 1.44 bits per heavy atom. The normalized spacial score (nSPS) is 13.5. The number of rotatable bonds is 8. The zero-order valence-corrected chi connectivity index (χ0v) is 15.9. The van der Waals surface area contributed by atoms with E-state index in [1.54, 1.807) is 6.08 Å². The Bertz CT molecular complexity index is 851. The number of imide groups is 1. The van der Waals surface area contributed by atoms with Gasteiger partial charge in [-0.05, 0) is 24.6 Å². The first-order valence-electron chi connectivity index (χ1n) is 8.52. The van der Waals surface area contributed by atoms with Crippen molar-refractivity contribution in [3.63, 3.8) is 0 Å². The molecule has 3 rings (SSSR count). The zero-order valence-electron chi connectivity index (χ0n) is 15.1. The molecule has 142 valence electrons. The monoisotopic (exact) mass is 387 g/mol. The molecule has 2 heterocycles. The summed E-state index contributed by atoms with van der Waals surface area (Å²) in [5.41, 5.74) is 1.11. The number of aryl methyl sites for hydroxylation is 1. The third kappa shape index (κ3) is 4.68. The van der Waals surface area contributed by atoms with E-state index < -0.39 is 0 Å². The van der Waals surface area contributed by atoms with E-state index in [4.69, 9.17) is 4.74 Å². The molecule has 0 atom stereocenters. The number of allylic oxidation sites excluding steroid dienone is 1.